The summed E-state index contributed by atoms with van der Waals surface area (Å²) in [4.78, 5) is 18.3. The van der Waals surface area contributed by atoms with Crippen LogP contribution in [-0.4, -0.2) is 28.4 Å². The molecule has 1 aromatic rings. The average molecular weight is 233 g/mol. The molecule has 1 saturated heterocycles. The van der Waals surface area contributed by atoms with Gasteiger partial charge in [-0.2, -0.15) is 0 Å². The number of carbonyl (C=O) groups excluding carboxylic acids is 1. The van der Waals surface area contributed by atoms with Crippen LogP contribution < -0.4 is 5.73 Å². The van der Waals surface area contributed by atoms with E-state index in [0.29, 0.717) is 17.4 Å². The molecule has 2 heterocycles. The van der Waals surface area contributed by atoms with Gasteiger partial charge in [0.2, 0.25) is 0 Å². The van der Waals surface area contributed by atoms with Gasteiger partial charge in [-0.3, -0.25) is 4.79 Å². The quantitative estimate of drug-likeness (QED) is 0.806. The first-order valence-electron chi connectivity index (χ1n) is 6.13. The minimum absolute atomic E-state index is 0.00338. The lowest BCUT2D eigenvalue weighted by molar-refractivity contribution is 0.0545. The van der Waals surface area contributed by atoms with Crippen LogP contribution in [0.1, 0.15) is 37.2 Å². The molecule has 1 aliphatic heterocycles. The number of likely N-dealkylation sites (tertiary alicyclic amines) is 1. The van der Waals surface area contributed by atoms with E-state index < -0.39 is 0 Å². The molecule has 0 spiro atoms. The second kappa shape index (κ2) is 4.73. The van der Waals surface area contributed by atoms with Crippen molar-refractivity contribution in [2.45, 2.75) is 32.7 Å². The van der Waals surface area contributed by atoms with Crippen LogP contribution in [0.15, 0.2) is 18.2 Å². The summed E-state index contributed by atoms with van der Waals surface area (Å²) < 4.78 is 0. The van der Waals surface area contributed by atoms with Crippen LogP contribution in [-0.2, 0) is 0 Å². The molecule has 4 nitrogen and oxygen atoms in total. The van der Waals surface area contributed by atoms with Gasteiger partial charge in [-0.1, -0.05) is 13.0 Å². The van der Waals surface area contributed by atoms with Crippen molar-refractivity contribution >= 4 is 11.7 Å². The van der Waals surface area contributed by atoms with Gasteiger partial charge in [-0.15, -0.1) is 0 Å². The summed E-state index contributed by atoms with van der Waals surface area (Å²) in [6.07, 6.45) is 2.26. The number of piperidine rings is 1. The summed E-state index contributed by atoms with van der Waals surface area (Å²) in [6, 6.07) is 5.47. The molecule has 0 aromatic carbocycles. The van der Waals surface area contributed by atoms with E-state index in [-0.39, 0.29) is 11.9 Å². The highest BCUT2D eigenvalue weighted by atomic mass is 16.2. The first-order valence-corrected chi connectivity index (χ1v) is 6.13. The van der Waals surface area contributed by atoms with Crippen LogP contribution in [0, 0.1) is 5.92 Å². The van der Waals surface area contributed by atoms with Gasteiger partial charge >= 0.3 is 0 Å². The van der Waals surface area contributed by atoms with Crippen molar-refractivity contribution in [1.29, 1.82) is 0 Å². The Morgan fingerprint density at radius 3 is 2.94 bits per heavy atom. The Morgan fingerprint density at radius 1 is 1.47 bits per heavy atom. The molecule has 17 heavy (non-hydrogen) atoms. The topological polar surface area (TPSA) is 59.2 Å². The van der Waals surface area contributed by atoms with E-state index in [4.69, 9.17) is 5.73 Å². The van der Waals surface area contributed by atoms with E-state index in [0.717, 1.165) is 13.0 Å². The zero-order chi connectivity index (χ0) is 12.4. The van der Waals surface area contributed by atoms with Gasteiger partial charge in [0.15, 0.2) is 0 Å². The molecule has 2 N–H and O–H groups in total. The van der Waals surface area contributed by atoms with Crippen molar-refractivity contribution in [3.63, 3.8) is 0 Å². The van der Waals surface area contributed by atoms with Crippen LogP contribution in [0.2, 0.25) is 0 Å². The first-order chi connectivity index (χ1) is 8.09. The van der Waals surface area contributed by atoms with E-state index in [1.807, 2.05) is 4.90 Å². The zero-order valence-electron chi connectivity index (χ0n) is 10.4. The molecule has 1 aromatic heterocycles. The molecule has 2 atom stereocenters. The van der Waals surface area contributed by atoms with Crippen molar-refractivity contribution in [2.75, 3.05) is 12.3 Å². The normalized spacial score (nSPS) is 24.7. The van der Waals surface area contributed by atoms with Crippen LogP contribution >= 0.6 is 0 Å². The van der Waals surface area contributed by atoms with E-state index in [1.165, 1.54) is 6.42 Å². The number of pyridine rings is 1. The molecular formula is C13H19N3O. The largest absolute Gasteiger partial charge is 0.384 e. The van der Waals surface area contributed by atoms with Crippen molar-refractivity contribution in [1.82, 2.24) is 9.88 Å². The van der Waals surface area contributed by atoms with Gasteiger partial charge in [0, 0.05) is 12.6 Å². The minimum atomic E-state index is -0.00338. The molecule has 0 radical (unpaired) electrons. The number of nitrogen functional groups attached to an aromatic ring is 1. The molecule has 0 saturated carbocycles. The summed E-state index contributed by atoms with van der Waals surface area (Å²) >= 11 is 0. The number of hydrogen-bond donors (Lipinski definition) is 1. The smallest absolute Gasteiger partial charge is 0.272 e. The van der Waals surface area contributed by atoms with E-state index >= 15 is 0 Å². The highest BCUT2D eigenvalue weighted by Crippen LogP contribution is 2.24. The van der Waals surface area contributed by atoms with Crippen molar-refractivity contribution in [3.05, 3.63) is 23.9 Å². The maximum Gasteiger partial charge on any atom is 0.272 e. The number of anilines is 1. The Morgan fingerprint density at radius 2 is 2.24 bits per heavy atom. The predicted octanol–water partition coefficient (Wildman–Crippen LogP) is 1.92. The third-order valence-electron chi connectivity index (χ3n) is 3.62. The summed E-state index contributed by atoms with van der Waals surface area (Å²) in [5.74, 6) is 0.943. The molecule has 1 aliphatic rings. The van der Waals surface area contributed by atoms with Crippen LogP contribution in [0.4, 0.5) is 5.82 Å². The standard InChI is InChI=1S/C13H19N3O/c1-9-5-4-8-16(10(9)2)13(17)11-6-3-7-12(14)15-11/h3,6-7,9-10H,4-5,8H2,1-2H3,(H2,14,15). The molecule has 92 valence electrons. The van der Waals surface area contributed by atoms with Gasteiger partial charge < -0.3 is 10.6 Å². The number of aromatic nitrogens is 1. The lowest BCUT2D eigenvalue weighted by Gasteiger charge is -2.37. The molecule has 1 amide bonds. The van der Waals surface area contributed by atoms with Crippen LogP contribution in [0.5, 0.6) is 0 Å². The molecule has 2 rings (SSSR count). The lowest BCUT2D eigenvalue weighted by Crippen LogP contribution is -2.46. The maximum absolute atomic E-state index is 12.3. The third-order valence-corrected chi connectivity index (χ3v) is 3.62. The van der Waals surface area contributed by atoms with Crippen LogP contribution in [0.25, 0.3) is 0 Å². The Hall–Kier alpha value is -1.58. The van der Waals surface area contributed by atoms with E-state index in [9.17, 15) is 4.79 Å². The summed E-state index contributed by atoms with van der Waals surface area (Å²) in [6.45, 7) is 5.12. The van der Waals surface area contributed by atoms with Gasteiger partial charge in [-0.25, -0.2) is 4.98 Å². The van der Waals surface area contributed by atoms with Gasteiger partial charge in [0.1, 0.15) is 11.5 Å². The molecule has 4 heteroatoms. The number of amides is 1. The average Bonchev–Trinajstić information content (AvgIpc) is 2.32. The number of hydrogen-bond acceptors (Lipinski definition) is 3. The number of carbonyl (C=O) groups is 1. The number of nitrogens with zero attached hydrogens (tertiary/aromatic N) is 2. The van der Waals surface area contributed by atoms with Gasteiger partial charge in [0.25, 0.3) is 5.91 Å². The summed E-state index contributed by atoms with van der Waals surface area (Å²) in [7, 11) is 0. The SMILES string of the molecule is CC1CCCN(C(=O)c2cccc(N)n2)C1C. The molecular weight excluding hydrogens is 214 g/mol. The Kier molecular flexibility index (Phi) is 3.31. The fourth-order valence-electron chi connectivity index (χ4n) is 2.34. The molecule has 0 bridgehead atoms. The third kappa shape index (κ3) is 2.40. The van der Waals surface area contributed by atoms with Crippen molar-refractivity contribution in [2.24, 2.45) is 5.92 Å². The maximum atomic E-state index is 12.3. The van der Waals surface area contributed by atoms with Gasteiger partial charge in [0.05, 0.1) is 0 Å². The zero-order valence-corrected chi connectivity index (χ0v) is 10.4. The Bertz CT molecular complexity index is 419. The molecule has 2 unspecified atom stereocenters. The molecule has 0 aliphatic carbocycles. The van der Waals surface area contributed by atoms with Crippen molar-refractivity contribution < 1.29 is 4.79 Å². The lowest BCUT2D eigenvalue weighted by atomic mass is 9.92. The fraction of sp³-hybridized carbons (Fsp3) is 0.538. The van der Waals surface area contributed by atoms with E-state index in [2.05, 4.69) is 18.8 Å². The summed E-state index contributed by atoms with van der Waals surface area (Å²) in [5.41, 5.74) is 6.06. The second-order valence-corrected chi connectivity index (χ2v) is 4.81. The minimum Gasteiger partial charge on any atom is -0.384 e. The predicted molar refractivity (Wildman–Crippen MR) is 67.5 cm³/mol. The second-order valence-electron chi connectivity index (χ2n) is 4.81. The molecule has 1 fully saturated rings. The van der Waals surface area contributed by atoms with Crippen molar-refractivity contribution in [3.8, 4) is 0 Å². The highest BCUT2D eigenvalue weighted by Gasteiger charge is 2.29. The van der Waals surface area contributed by atoms with Gasteiger partial charge in [-0.05, 0) is 37.8 Å². The fourth-order valence-corrected chi connectivity index (χ4v) is 2.34. The highest BCUT2D eigenvalue weighted by molar-refractivity contribution is 5.92. The first kappa shape index (κ1) is 11.9. The Labute approximate surface area is 102 Å². The monoisotopic (exact) mass is 233 g/mol. The summed E-state index contributed by atoms with van der Waals surface area (Å²) in [5, 5.41) is 0. The Balaban J connectivity index is 2.19. The van der Waals surface area contributed by atoms with E-state index in [1.54, 1.807) is 18.2 Å². The number of nitrogens with two attached hydrogens (primary N) is 1. The number of rotatable bonds is 1. The van der Waals surface area contributed by atoms with Crippen LogP contribution in [0.3, 0.4) is 0 Å².